The standard InChI is InChI=1S/C11H9ClN2O2S2/c12-8-7-10(17-3-6(15)16)13-4-14-11(7)18-9(8)5-1-2-5/h4-5H,1-3H2,(H,15,16). The van der Waals surface area contributed by atoms with Crippen LogP contribution in [0.1, 0.15) is 23.6 Å². The van der Waals surface area contributed by atoms with E-state index >= 15 is 0 Å². The van der Waals surface area contributed by atoms with Crippen LogP contribution in [-0.4, -0.2) is 26.8 Å². The Morgan fingerprint density at radius 2 is 2.33 bits per heavy atom. The van der Waals surface area contributed by atoms with Gasteiger partial charge in [-0.05, 0) is 18.8 Å². The van der Waals surface area contributed by atoms with E-state index in [1.165, 1.54) is 35.8 Å². The van der Waals surface area contributed by atoms with E-state index in [4.69, 9.17) is 16.7 Å². The molecule has 1 fully saturated rings. The van der Waals surface area contributed by atoms with Crippen LogP contribution < -0.4 is 0 Å². The number of nitrogens with zero attached hydrogens (tertiary/aromatic N) is 2. The Morgan fingerprint density at radius 3 is 3.00 bits per heavy atom. The molecule has 0 bridgehead atoms. The van der Waals surface area contributed by atoms with Gasteiger partial charge in [-0.25, -0.2) is 9.97 Å². The van der Waals surface area contributed by atoms with Gasteiger partial charge in [0, 0.05) is 4.88 Å². The van der Waals surface area contributed by atoms with E-state index in [2.05, 4.69) is 9.97 Å². The van der Waals surface area contributed by atoms with Gasteiger partial charge in [0.15, 0.2) is 0 Å². The summed E-state index contributed by atoms with van der Waals surface area (Å²) in [4.78, 5) is 21.0. The van der Waals surface area contributed by atoms with E-state index in [0.717, 1.165) is 10.2 Å². The van der Waals surface area contributed by atoms with Gasteiger partial charge in [-0.15, -0.1) is 11.3 Å². The van der Waals surface area contributed by atoms with Gasteiger partial charge in [-0.2, -0.15) is 0 Å². The third-order valence-electron chi connectivity index (χ3n) is 2.70. The van der Waals surface area contributed by atoms with E-state index in [-0.39, 0.29) is 5.75 Å². The molecule has 0 saturated heterocycles. The molecule has 18 heavy (non-hydrogen) atoms. The minimum Gasteiger partial charge on any atom is -0.481 e. The van der Waals surface area contributed by atoms with Gasteiger partial charge in [-0.1, -0.05) is 23.4 Å². The summed E-state index contributed by atoms with van der Waals surface area (Å²) >= 11 is 9.17. The molecule has 4 nitrogen and oxygen atoms in total. The lowest BCUT2D eigenvalue weighted by molar-refractivity contribution is -0.133. The Kier molecular flexibility index (Phi) is 3.17. The molecule has 1 N–H and O–H groups in total. The maximum absolute atomic E-state index is 10.6. The molecule has 1 aliphatic carbocycles. The van der Waals surface area contributed by atoms with Crippen LogP contribution >= 0.6 is 34.7 Å². The maximum atomic E-state index is 10.6. The fraction of sp³-hybridized carbons (Fsp3) is 0.364. The highest BCUT2D eigenvalue weighted by Crippen LogP contribution is 2.50. The Labute approximate surface area is 116 Å². The number of aromatic nitrogens is 2. The molecule has 2 heterocycles. The molecule has 0 unspecified atom stereocenters. The van der Waals surface area contributed by atoms with E-state index in [1.54, 1.807) is 11.3 Å². The van der Waals surface area contributed by atoms with E-state index in [0.29, 0.717) is 16.0 Å². The molecule has 0 aromatic carbocycles. The first-order valence-corrected chi connectivity index (χ1v) is 7.62. The van der Waals surface area contributed by atoms with Crippen LogP contribution in [0.4, 0.5) is 0 Å². The lowest BCUT2D eigenvalue weighted by Gasteiger charge is -1.99. The first-order chi connectivity index (χ1) is 8.66. The molecule has 0 aliphatic heterocycles. The van der Waals surface area contributed by atoms with Crippen LogP contribution in [-0.2, 0) is 4.79 Å². The molecule has 94 valence electrons. The zero-order chi connectivity index (χ0) is 12.7. The second kappa shape index (κ2) is 4.68. The Bertz CT molecular complexity index is 625. The number of hydrogen-bond acceptors (Lipinski definition) is 5. The number of halogens is 1. The van der Waals surface area contributed by atoms with E-state index in [1.807, 2.05) is 0 Å². The van der Waals surface area contributed by atoms with Crippen molar-refractivity contribution >= 4 is 50.9 Å². The predicted octanol–water partition coefficient (Wildman–Crippen LogP) is 3.40. The highest BCUT2D eigenvalue weighted by molar-refractivity contribution is 8.00. The van der Waals surface area contributed by atoms with E-state index < -0.39 is 5.97 Å². The Hall–Kier alpha value is -0.850. The largest absolute Gasteiger partial charge is 0.481 e. The summed E-state index contributed by atoms with van der Waals surface area (Å²) in [5.74, 6) is -0.314. The summed E-state index contributed by atoms with van der Waals surface area (Å²) < 4.78 is 0. The quantitative estimate of drug-likeness (QED) is 0.692. The third kappa shape index (κ3) is 2.20. The molecule has 0 radical (unpaired) electrons. The maximum Gasteiger partial charge on any atom is 0.313 e. The smallest absolute Gasteiger partial charge is 0.313 e. The predicted molar refractivity (Wildman–Crippen MR) is 72.8 cm³/mol. The molecule has 0 spiro atoms. The molecular weight excluding hydrogens is 292 g/mol. The number of thioether (sulfide) groups is 1. The zero-order valence-corrected chi connectivity index (χ0v) is 11.6. The Morgan fingerprint density at radius 1 is 1.56 bits per heavy atom. The molecule has 1 saturated carbocycles. The van der Waals surface area contributed by atoms with Crippen molar-refractivity contribution in [3.63, 3.8) is 0 Å². The van der Waals surface area contributed by atoms with Crippen molar-refractivity contribution in [2.24, 2.45) is 0 Å². The number of fused-ring (bicyclic) bond motifs is 1. The van der Waals surface area contributed by atoms with Crippen molar-refractivity contribution in [1.82, 2.24) is 9.97 Å². The SMILES string of the molecule is O=C(O)CSc1ncnc2sc(C3CC3)c(Cl)c12. The van der Waals surface area contributed by atoms with Gasteiger partial charge in [0.25, 0.3) is 0 Å². The molecular formula is C11H9ClN2O2S2. The van der Waals surface area contributed by atoms with Crippen LogP contribution in [0.5, 0.6) is 0 Å². The van der Waals surface area contributed by atoms with Crippen molar-refractivity contribution in [3.8, 4) is 0 Å². The second-order valence-corrected chi connectivity index (χ2v) is 6.47. The lowest BCUT2D eigenvalue weighted by atomic mass is 10.3. The zero-order valence-electron chi connectivity index (χ0n) is 9.22. The molecule has 0 amide bonds. The minimum atomic E-state index is -0.861. The Balaban J connectivity index is 2.05. The molecule has 2 aromatic heterocycles. The van der Waals surface area contributed by atoms with Crippen LogP contribution in [0.2, 0.25) is 5.02 Å². The number of carboxylic acids is 1. The van der Waals surface area contributed by atoms with E-state index in [9.17, 15) is 4.79 Å². The highest BCUT2D eigenvalue weighted by atomic mass is 35.5. The normalized spacial score (nSPS) is 15.2. The fourth-order valence-corrected chi connectivity index (χ4v) is 4.29. The summed E-state index contributed by atoms with van der Waals surface area (Å²) in [5.41, 5.74) is 0. The van der Waals surface area contributed by atoms with Crippen LogP contribution in [0.15, 0.2) is 11.4 Å². The van der Waals surface area contributed by atoms with Gasteiger partial charge >= 0.3 is 5.97 Å². The summed E-state index contributed by atoms with van der Waals surface area (Å²) in [5, 5.41) is 10.9. The third-order valence-corrected chi connectivity index (χ3v) is 5.44. The van der Waals surface area contributed by atoms with Gasteiger partial charge < -0.3 is 5.11 Å². The van der Waals surface area contributed by atoms with Crippen molar-refractivity contribution in [1.29, 1.82) is 0 Å². The first-order valence-electron chi connectivity index (χ1n) is 5.44. The van der Waals surface area contributed by atoms with Gasteiger partial charge in [-0.3, -0.25) is 4.79 Å². The van der Waals surface area contributed by atoms with Crippen molar-refractivity contribution in [2.45, 2.75) is 23.8 Å². The van der Waals surface area contributed by atoms with Gasteiger partial charge in [0.05, 0.1) is 16.2 Å². The van der Waals surface area contributed by atoms with Crippen LogP contribution in [0, 0.1) is 0 Å². The average molecular weight is 301 g/mol. The summed E-state index contributed by atoms with van der Waals surface area (Å²) in [7, 11) is 0. The number of aliphatic carboxylic acids is 1. The number of rotatable bonds is 4. The van der Waals surface area contributed by atoms with Crippen molar-refractivity contribution in [3.05, 3.63) is 16.2 Å². The first kappa shape index (κ1) is 12.2. The van der Waals surface area contributed by atoms with Gasteiger partial charge in [0.1, 0.15) is 16.2 Å². The number of carbonyl (C=O) groups is 1. The molecule has 0 atom stereocenters. The topological polar surface area (TPSA) is 63.1 Å². The summed E-state index contributed by atoms with van der Waals surface area (Å²) in [6.07, 6.45) is 3.82. The molecule has 1 aliphatic rings. The number of carboxylic acid groups (broad SMARTS) is 1. The number of hydrogen-bond donors (Lipinski definition) is 1. The van der Waals surface area contributed by atoms with Crippen molar-refractivity contribution < 1.29 is 9.90 Å². The minimum absolute atomic E-state index is 0.0168. The number of thiophene rings is 1. The van der Waals surface area contributed by atoms with Crippen LogP contribution in [0.25, 0.3) is 10.2 Å². The van der Waals surface area contributed by atoms with Crippen molar-refractivity contribution in [2.75, 3.05) is 5.75 Å². The molecule has 7 heteroatoms. The monoisotopic (exact) mass is 300 g/mol. The fourth-order valence-electron chi connectivity index (χ4n) is 1.74. The second-order valence-electron chi connectivity index (χ2n) is 4.10. The van der Waals surface area contributed by atoms with Crippen LogP contribution in [0.3, 0.4) is 0 Å². The summed E-state index contributed by atoms with van der Waals surface area (Å²) in [6.45, 7) is 0. The molecule has 2 aromatic rings. The average Bonchev–Trinajstić information content (AvgIpc) is 3.12. The lowest BCUT2D eigenvalue weighted by Crippen LogP contribution is -1.98. The summed E-state index contributed by atoms with van der Waals surface area (Å²) in [6, 6.07) is 0. The highest BCUT2D eigenvalue weighted by Gasteiger charge is 2.30. The molecule has 3 rings (SSSR count). The van der Waals surface area contributed by atoms with Gasteiger partial charge in [0.2, 0.25) is 0 Å².